The molecule has 2 aliphatic carbocycles. The Morgan fingerprint density at radius 2 is 1.82 bits per heavy atom. The number of benzene rings is 2. The molecule has 0 saturated heterocycles. The highest BCUT2D eigenvalue weighted by molar-refractivity contribution is 6.04. The van der Waals surface area contributed by atoms with Gasteiger partial charge >= 0.3 is 0 Å². The molecule has 0 radical (unpaired) electrons. The number of carbonyl (C=O) groups excluding carboxylic acids is 1. The first kappa shape index (κ1) is 21.8. The standard InChI is InChI=1S/C28H31N3O2/c32-18-20-11-14-23-22(17-20)13-16-24-26(23)29-25(15-12-19-7-3-1-4-8-19)27(30-24)31-28(33)21-9-5-2-6-10-21/h2,5-6,9-11,14,17,19,32H,1,3-4,7-8,12-13,15-16,18H2,(H,30,31,33). The fourth-order valence-electron chi connectivity index (χ4n) is 5.19. The third-order valence-corrected chi connectivity index (χ3v) is 7.06. The van der Waals surface area contributed by atoms with Gasteiger partial charge in [-0.3, -0.25) is 4.79 Å². The molecule has 0 bridgehead atoms. The van der Waals surface area contributed by atoms with Crippen molar-refractivity contribution < 1.29 is 9.90 Å². The molecule has 3 aromatic rings. The summed E-state index contributed by atoms with van der Waals surface area (Å²) in [4.78, 5) is 22.9. The zero-order valence-electron chi connectivity index (χ0n) is 19.0. The average Bonchev–Trinajstić information content (AvgIpc) is 2.88. The van der Waals surface area contributed by atoms with Crippen molar-refractivity contribution in [2.45, 2.75) is 64.4 Å². The minimum absolute atomic E-state index is 0.0446. The lowest BCUT2D eigenvalue weighted by Crippen LogP contribution is -2.19. The van der Waals surface area contributed by atoms with Crippen LogP contribution in [-0.4, -0.2) is 21.0 Å². The largest absolute Gasteiger partial charge is 0.392 e. The quantitative estimate of drug-likeness (QED) is 0.530. The zero-order chi connectivity index (χ0) is 22.6. The number of rotatable bonds is 6. The van der Waals surface area contributed by atoms with Gasteiger partial charge in [0.2, 0.25) is 0 Å². The number of hydrogen-bond donors (Lipinski definition) is 2. The maximum Gasteiger partial charge on any atom is 0.256 e. The number of nitrogens with one attached hydrogen (secondary N) is 1. The number of aliphatic hydroxyl groups is 1. The van der Waals surface area contributed by atoms with Gasteiger partial charge in [-0.05, 0) is 54.9 Å². The van der Waals surface area contributed by atoms with Gasteiger partial charge in [0, 0.05) is 11.1 Å². The van der Waals surface area contributed by atoms with Crippen molar-refractivity contribution in [1.29, 1.82) is 0 Å². The molecule has 1 heterocycles. The molecule has 170 valence electrons. The summed E-state index contributed by atoms with van der Waals surface area (Å²) in [6, 6.07) is 15.4. The monoisotopic (exact) mass is 441 g/mol. The number of anilines is 1. The summed E-state index contributed by atoms with van der Waals surface area (Å²) in [5, 5.41) is 12.6. The molecular weight excluding hydrogens is 410 g/mol. The Morgan fingerprint density at radius 1 is 1.00 bits per heavy atom. The van der Waals surface area contributed by atoms with Crippen molar-refractivity contribution in [3.8, 4) is 11.3 Å². The van der Waals surface area contributed by atoms with E-state index in [4.69, 9.17) is 9.97 Å². The van der Waals surface area contributed by atoms with Crippen LogP contribution in [0.5, 0.6) is 0 Å². The van der Waals surface area contributed by atoms with Gasteiger partial charge in [0.25, 0.3) is 5.91 Å². The third-order valence-electron chi connectivity index (χ3n) is 7.06. The second-order valence-electron chi connectivity index (χ2n) is 9.33. The lowest BCUT2D eigenvalue weighted by Gasteiger charge is -2.23. The first-order valence-electron chi connectivity index (χ1n) is 12.2. The second-order valence-corrected chi connectivity index (χ2v) is 9.33. The van der Waals surface area contributed by atoms with E-state index in [1.165, 1.54) is 37.7 Å². The Kier molecular flexibility index (Phi) is 6.49. The molecule has 0 aliphatic heterocycles. The van der Waals surface area contributed by atoms with Crippen molar-refractivity contribution in [2.75, 3.05) is 5.32 Å². The number of amides is 1. The van der Waals surface area contributed by atoms with Crippen molar-refractivity contribution in [1.82, 2.24) is 9.97 Å². The van der Waals surface area contributed by atoms with E-state index in [2.05, 4.69) is 17.4 Å². The molecule has 0 atom stereocenters. The number of aliphatic hydroxyl groups excluding tert-OH is 1. The van der Waals surface area contributed by atoms with E-state index in [1.54, 1.807) is 0 Å². The summed E-state index contributed by atoms with van der Waals surface area (Å²) >= 11 is 0. The molecule has 0 spiro atoms. The van der Waals surface area contributed by atoms with E-state index < -0.39 is 0 Å². The molecule has 2 aliphatic rings. The predicted molar refractivity (Wildman–Crippen MR) is 130 cm³/mol. The van der Waals surface area contributed by atoms with Crippen molar-refractivity contribution in [3.05, 3.63) is 76.6 Å². The summed E-state index contributed by atoms with van der Waals surface area (Å²) in [5.74, 6) is 1.19. The maximum absolute atomic E-state index is 12.9. The van der Waals surface area contributed by atoms with E-state index in [9.17, 15) is 9.90 Å². The van der Waals surface area contributed by atoms with Crippen LogP contribution >= 0.6 is 0 Å². The minimum atomic E-state index is -0.146. The van der Waals surface area contributed by atoms with E-state index in [-0.39, 0.29) is 12.5 Å². The highest BCUT2D eigenvalue weighted by Gasteiger charge is 2.24. The molecule has 0 unspecified atom stereocenters. The third kappa shape index (κ3) is 4.83. The molecule has 1 amide bonds. The van der Waals surface area contributed by atoms with E-state index >= 15 is 0 Å². The Bertz CT molecular complexity index is 1140. The summed E-state index contributed by atoms with van der Waals surface area (Å²) < 4.78 is 0. The number of hydrogen-bond acceptors (Lipinski definition) is 4. The highest BCUT2D eigenvalue weighted by atomic mass is 16.3. The van der Waals surface area contributed by atoms with Crippen LogP contribution in [0.25, 0.3) is 11.3 Å². The molecule has 2 N–H and O–H groups in total. The van der Waals surface area contributed by atoms with E-state index in [1.807, 2.05) is 36.4 Å². The number of nitrogens with zero attached hydrogens (tertiary/aromatic N) is 2. The van der Waals surface area contributed by atoms with Gasteiger partial charge in [-0.15, -0.1) is 0 Å². The summed E-state index contributed by atoms with van der Waals surface area (Å²) in [7, 11) is 0. The molecule has 5 heteroatoms. The summed E-state index contributed by atoms with van der Waals surface area (Å²) in [5.41, 5.74) is 6.60. The first-order chi connectivity index (χ1) is 16.2. The van der Waals surface area contributed by atoms with Crippen LogP contribution in [0.4, 0.5) is 5.82 Å². The Balaban J connectivity index is 1.48. The lowest BCUT2D eigenvalue weighted by atomic mass is 9.85. The van der Waals surface area contributed by atoms with Crippen molar-refractivity contribution in [2.24, 2.45) is 5.92 Å². The minimum Gasteiger partial charge on any atom is -0.392 e. The Labute approximate surface area is 195 Å². The van der Waals surface area contributed by atoms with Gasteiger partial charge in [0.05, 0.1) is 23.7 Å². The fourth-order valence-corrected chi connectivity index (χ4v) is 5.19. The van der Waals surface area contributed by atoms with Crippen LogP contribution in [0, 0.1) is 5.92 Å². The zero-order valence-corrected chi connectivity index (χ0v) is 19.0. The molecule has 1 fully saturated rings. The first-order valence-corrected chi connectivity index (χ1v) is 12.2. The van der Waals surface area contributed by atoms with Crippen LogP contribution in [-0.2, 0) is 25.9 Å². The van der Waals surface area contributed by atoms with Crippen LogP contribution in [0.3, 0.4) is 0 Å². The van der Waals surface area contributed by atoms with Gasteiger partial charge in [0.1, 0.15) is 0 Å². The van der Waals surface area contributed by atoms with Crippen molar-refractivity contribution in [3.63, 3.8) is 0 Å². The molecule has 1 saturated carbocycles. The van der Waals surface area contributed by atoms with Crippen LogP contribution in [0.2, 0.25) is 0 Å². The van der Waals surface area contributed by atoms with E-state index in [0.717, 1.165) is 59.8 Å². The van der Waals surface area contributed by atoms with Gasteiger partial charge in [-0.2, -0.15) is 0 Å². The normalized spacial score (nSPS) is 15.5. The number of fused-ring (bicyclic) bond motifs is 3. The van der Waals surface area contributed by atoms with Crippen molar-refractivity contribution >= 4 is 11.7 Å². The smallest absolute Gasteiger partial charge is 0.256 e. The second kappa shape index (κ2) is 9.84. The molecule has 5 nitrogen and oxygen atoms in total. The summed E-state index contributed by atoms with van der Waals surface area (Å²) in [6.45, 7) is 0.0446. The number of aromatic nitrogens is 2. The maximum atomic E-state index is 12.9. The summed E-state index contributed by atoms with van der Waals surface area (Å²) in [6.07, 6.45) is 10.1. The van der Waals surface area contributed by atoms with Gasteiger partial charge in [0.15, 0.2) is 5.82 Å². The van der Waals surface area contributed by atoms with Crippen LogP contribution < -0.4 is 5.32 Å². The van der Waals surface area contributed by atoms with Gasteiger partial charge in [-0.1, -0.05) is 68.5 Å². The van der Waals surface area contributed by atoms with Gasteiger partial charge < -0.3 is 10.4 Å². The average molecular weight is 442 g/mol. The Morgan fingerprint density at radius 3 is 2.61 bits per heavy atom. The fraction of sp³-hybridized carbons (Fsp3) is 0.393. The van der Waals surface area contributed by atoms with E-state index in [0.29, 0.717) is 11.4 Å². The number of aryl methyl sites for hydroxylation is 3. The molecule has 33 heavy (non-hydrogen) atoms. The molecule has 1 aromatic heterocycles. The van der Waals surface area contributed by atoms with Crippen LogP contribution in [0.1, 0.15) is 71.4 Å². The molecule has 5 rings (SSSR count). The number of carbonyl (C=O) groups is 1. The highest BCUT2D eigenvalue weighted by Crippen LogP contribution is 2.35. The molecular formula is C28H31N3O2. The molecule has 2 aromatic carbocycles. The SMILES string of the molecule is O=C(Nc1nc2c(nc1CCC1CCCCC1)-c1ccc(CO)cc1CC2)c1ccccc1. The van der Waals surface area contributed by atoms with Gasteiger partial charge in [-0.25, -0.2) is 9.97 Å². The van der Waals surface area contributed by atoms with Crippen LogP contribution in [0.15, 0.2) is 48.5 Å². The topological polar surface area (TPSA) is 75.1 Å². The Hall–Kier alpha value is -3.05. The predicted octanol–water partition coefficient (Wildman–Crippen LogP) is 5.50. The lowest BCUT2D eigenvalue weighted by molar-refractivity contribution is 0.102.